The van der Waals surface area contributed by atoms with Crippen LogP contribution >= 0.6 is 0 Å². The molecule has 0 saturated carbocycles. The summed E-state index contributed by atoms with van der Waals surface area (Å²) in [6, 6.07) is 18.0. The number of aryl methyl sites for hydroxylation is 1. The first kappa shape index (κ1) is 17.8. The number of nitro benzene ring substituents is 1. The Morgan fingerprint density at radius 2 is 1.96 bits per heavy atom. The van der Waals surface area contributed by atoms with Gasteiger partial charge in [-0.1, -0.05) is 42.5 Å². The molecular weight excluding hydrogens is 344 g/mol. The molecule has 0 radical (unpaired) electrons. The third-order valence-electron chi connectivity index (χ3n) is 3.78. The van der Waals surface area contributed by atoms with E-state index in [0.717, 1.165) is 16.8 Å². The zero-order valence-corrected chi connectivity index (χ0v) is 14.3. The average Bonchev–Trinajstić information content (AvgIpc) is 3.10. The highest BCUT2D eigenvalue weighted by Crippen LogP contribution is 2.24. The highest BCUT2D eigenvalue weighted by molar-refractivity contribution is 5.89. The van der Waals surface area contributed by atoms with Gasteiger partial charge in [-0.3, -0.25) is 20.2 Å². The quantitative estimate of drug-likeness (QED) is 0.391. The molecule has 0 aliphatic carbocycles. The Balaban J connectivity index is 1.87. The summed E-state index contributed by atoms with van der Waals surface area (Å²) >= 11 is 0. The van der Waals surface area contributed by atoms with E-state index >= 15 is 0 Å². The van der Waals surface area contributed by atoms with Crippen molar-refractivity contribution in [2.75, 3.05) is 5.43 Å². The van der Waals surface area contributed by atoms with Gasteiger partial charge in [0.1, 0.15) is 11.4 Å². The van der Waals surface area contributed by atoms with Gasteiger partial charge in [-0.2, -0.15) is 15.5 Å². The minimum Gasteiger partial charge on any atom is -0.272 e. The number of nitriles is 1. The van der Waals surface area contributed by atoms with Crippen LogP contribution in [0, 0.1) is 21.4 Å². The average molecular weight is 360 g/mol. The van der Waals surface area contributed by atoms with E-state index in [1.165, 1.54) is 6.07 Å². The highest BCUT2D eigenvalue weighted by atomic mass is 16.6. The van der Waals surface area contributed by atoms with Crippen LogP contribution in [0.5, 0.6) is 0 Å². The summed E-state index contributed by atoms with van der Waals surface area (Å²) in [5.41, 5.74) is 5.34. The van der Waals surface area contributed by atoms with E-state index < -0.39 is 4.92 Å². The van der Waals surface area contributed by atoms with Crippen molar-refractivity contribution in [3.63, 3.8) is 0 Å². The van der Waals surface area contributed by atoms with Crippen LogP contribution in [0.4, 0.5) is 11.4 Å². The monoisotopic (exact) mass is 360 g/mol. The Hall–Kier alpha value is -3.99. The first-order valence-corrected chi connectivity index (χ1v) is 8.21. The van der Waals surface area contributed by atoms with Crippen LogP contribution in [0.3, 0.4) is 0 Å². The maximum absolute atomic E-state index is 11.1. The summed E-state index contributed by atoms with van der Waals surface area (Å²) in [5.74, 6) is 0. The number of rotatable bonds is 7. The molecule has 0 aliphatic rings. The second-order valence-electron chi connectivity index (χ2n) is 5.61. The smallest absolute Gasteiger partial charge is 0.272 e. The van der Waals surface area contributed by atoms with E-state index in [9.17, 15) is 10.1 Å². The van der Waals surface area contributed by atoms with Gasteiger partial charge >= 0.3 is 0 Å². The standard InChI is InChI=1S/C19H16N6O2/c20-11-6-12-24-14-16(19(23-24)15-7-2-1-3-8-15)13-21-22-17-9-4-5-10-18(17)25(26)27/h1-5,7-10,13-14,22H,6,12H2/b21-13-. The molecule has 0 amide bonds. The number of anilines is 1. The molecule has 3 rings (SSSR count). The number of nitro groups is 1. The molecule has 0 bridgehead atoms. The van der Waals surface area contributed by atoms with Crippen molar-refractivity contribution in [3.05, 3.63) is 76.5 Å². The third kappa shape index (κ3) is 4.35. The Morgan fingerprint density at radius 1 is 1.22 bits per heavy atom. The SMILES string of the molecule is N#CCCn1cc(/C=N\Nc2ccccc2[N+](=O)[O-])c(-c2ccccc2)n1. The molecule has 0 spiro atoms. The Morgan fingerprint density at radius 3 is 2.70 bits per heavy atom. The molecule has 0 fully saturated rings. The topological polar surface area (TPSA) is 109 Å². The van der Waals surface area contributed by atoms with Crippen LogP contribution in [-0.2, 0) is 6.54 Å². The lowest BCUT2D eigenvalue weighted by molar-refractivity contribution is -0.384. The molecule has 8 heteroatoms. The Labute approximate surface area is 155 Å². The summed E-state index contributed by atoms with van der Waals surface area (Å²) in [5, 5.41) is 28.5. The van der Waals surface area contributed by atoms with Gasteiger partial charge in [0.05, 0.1) is 30.2 Å². The highest BCUT2D eigenvalue weighted by Gasteiger charge is 2.12. The number of para-hydroxylation sites is 2. The van der Waals surface area contributed by atoms with Crippen LogP contribution in [0.2, 0.25) is 0 Å². The molecule has 8 nitrogen and oxygen atoms in total. The number of hydrogen-bond donors (Lipinski definition) is 1. The molecule has 0 atom stereocenters. The Bertz CT molecular complexity index is 1000. The van der Waals surface area contributed by atoms with E-state index in [4.69, 9.17) is 5.26 Å². The zero-order chi connectivity index (χ0) is 19.1. The fraction of sp³-hybridized carbons (Fsp3) is 0.105. The lowest BCUT2D eigenvalue weighted by Gasteiger charge is -2.01. The zero-order valence-electron chi connectivity index (χ0n) is 14.3. The summed E-state index contributed by atoms with van der Waals surface area (Å²) in [7, 11) is 0. The van der Waals surface area contributed by atoms with E-state index in [2.05, 4.69) is 21.7 Å². The lowest BCUT2D eigenvalue weighted by atomic mass is 10.1. The van der Waals surface area contributed by atoms with Gasteiger partial charge in [0.25, 0.3) is 5.69 Å². The van der Waals surface area contributed by atoms with Gasteiger partial charge in [-0.25, -0.2) is 0 Å². The number of nitrogens with zero attached hydrogens (tertiary/aromatic N) is 5. The maximum Gasteiger partial charge on any atom is 0.294 e. The molecular formula is C19H16N6O2. The second kappa shape index (κ2) is 8.40. The molecule has 0 aliphatic heterocycles. The van der Waals surface area contributed by atoms with E-state index in [-0.39, 0.29) is 5.69 Å². The van der Waals surface area contributed by atoms with Crippen molar-refractivity contribution in [1.29, 1.82) is 5.26 Å². The van der Waals surface area contributed by atoms with E-state index in [1.54, 1.807) is 35.3 Å². The predicted octanol–water partition coefficient (Wildman–Crippen LogP) is 3.82. The number of aromatic nitrogens is 2. The van der Waals surface area contributed by atoms with Crippen LogP contribution < -0.4 is 5.43 Å². The van der Waals surface area contributed by atoms with Gasteiger partial charge in [0, 0.05) is 23.4 Å². The third-order valence-corrected chi connectivity index (χ3v) is 3.78. The fourth-order valence-corrected chi connectivity index (χ4v) is 2.53. The minimum atomic E-state index is -0.465. The first-order valence-electron chi connectivity index (χ1n) is 8.21. The maximum atomic E-state index is 11.1. The lowest BCUT2D eigenvalue weighted by Crippen LogP contribution is -1.97. The molecule has 0 saturated heterocycles. The van der Waals surface area contributed by atoms with Gasteiger partial charge in [-0.15, -0.1) is 0 Å². The van der Waals surface area contributed by atoms with Crippen LogP contribution in [0.15, 0.2) is 65.9 Å². The summed E-state index contributed by atoms with van der Waals surface area (Å²) in [6.45, 7) is 0.474. The van der Waals surface area contributed by atoms with Crippen LogP contribution in [0.25, 0.3) is 11.3 Å². The molecule has 27 heavy (non-hydrogen) atoms. The van der Waals surface area contributed by atoms with Crippen molar-refractivity contribution in [1.82, 2.24) is 9.78 Å². The van der Waals surface area contributed by atoms with E-state index in [0.29, 0.717) is 18.7 Å². The van der Waals surface area contributed by atoms with Crippen LogP contribution in [0.1, 0.15) is 12.0 Å². The van der Waals surface area contributed by atoms with Gasteiger partial charge in [0.2, 0.25) is 0 Å². The summed E-state index contributed by atoms with van der Waals surface area (Å²) in [4.78, 5) is 10.6. The molecule has 2 aromatic carbocycles. The Kier molecular flexibility index (Phi) is 5.54. The molecule has 134 valence electrons. The first-order chi connectivity index (χ1) is 13.2. The van der Waals surface area contributed by atoms with Gasteiger partial charge in [-0.05, 0) is 6.07 Å². The molecule has 0 unspecified atom stereocenters. The van der Waals surface area contributed by atoms with Crippen molar-refractivity contribution in [2.24, 2.45) is 5.10 Å². The van der Waals surface area contributed by atoms with E-state index in [1.807, 2.05) is 30.3 Å². The summed E-state index contributed by atoms with van der Waals surface area (Å²) in [6.07, 6.45) is 3.71. The van der Waals surface area contributed by atoms with Crippen molar-refractivity contribution in [2.45, 2.75) is 13.0 Å². The summed E-state index contributed by atoms with van der Waals surface area (Å²) < 4.78 is 1.69. The van der Waals surface area contributed by atoms with Crippen molar-refractivity contribution in [3.8, 4) is 17.3 Å². The van der Waals surface area contributed by atoms with Crippen LogP contribution in [-0.4, -0.2) is 20.9 Å². The van der Waals surface area contributed by atoms with Gasteiger partial charge in [0.15, 0.2) is 0 Å². The molecule has 1 N–H and O–H groups in total. The number of benzene rings is 2. The minimum absolute atomic E-state index is 0.0531. The largest absolute Gasteiger partial charge is 0.294 e. The van der Waals surface area contributed by atoms with Crippen molar-refractivity contribution < 1.29 is 4.92 Å². The van der Waals surface area contributed by atoms with Crippen molar-refractivity contribution >= 4 is 17.6 Å². The number of hydrazone groups is 1. The molecule has 3 aromatic rings. The second-order valence-corrected chi connectivity index (χ2v) is 5.61. The normalized spacial score (nSPS) is 10.6. The molecule has 1 heterocycles. The number of hydrogen-bond acceptors (Lipinski definition) is 6. The van der Waals surface area contributed by atoms with Gasteiger partial charge < -0.3 is 0 Å². The fourth-order valence-electron chi connectivity index (χ4n) is 2.53. The predicted molar refractivity (Wildman–Crippen MR) is 102 cm³/mol. The number of nitrogens with one attached hydrogen (secondary N) is 1. The molecule has 1 aromatic heterocycles.